The fourth-order valence-electron chi connectivity index (χ4n) is 3.12. The van der Waals surface area contributed by atoms with Crippen LogP contribution in [-0.4, -0.2) is 47.4 Å². The highest BCUT2D eigenvalue weighted by molar-refractivity contribution is 7.90. The van der Waals surface area contributed by atoms with E-state index < -0.39 is 9.84 Å². The summed E-state index contributed by atoms with van der Waals surface area (Å²) in [5.74, 6) is 1.07. The average Bonchev–Trinajstić information content (AvgIpc) is 3.48. The molecule has 0 atom stereocenters. The molecular weight excluding hydrogens is 420 g/mol. The van der Waals surface area contributed by atoms with E-state index in [2.05, 4.69) is 25.7 Å². The Morgan fingerprint density at radius 2 is 2.00 bits per heavy atom. The number of methoxy groups -OCH3 is 1. The first-order chi connectivity index (χ1) is 14.8. The van der Waals surface area contributed by atoms with Crippen LogP contribution in [0.5, 0.6) is 5.75 Å². The second-order valence-electron chi connectivity index (χ2n) is 7.35. The lowest BCUT2D eigenvalue weighted by Crippen LogP contribution is -2.15. The van der Waals surface area contributed by atoms with E-state index >= 15 is 0 Å². The van der Waals surface area contributed by atoms with Gasteiger partial charge in [0.15, 0.2) is 21.4 Å². The van der Waals surface area contributed by atoms with Gasteiger partial charge in [0.25, 0.3) is 0 Å². The molecule has 162 valence electrons. The number of sulfone groups is 1. The number of ether oxygens (including phenoxy) is 1. The number of nitrogens with zero attached hydrogens (tertiary/aromatic N) is 4. The minimum atomic E-state index is -3.59. The number of hydrogen-bond donors (Lipinski definition) is 2. The van der Waals surface area contributed by atoms with E-state index in [1.54, 1.807) is 30.2 Å². The van der Waals surface area contributed by atoms with Crippen LogP contribution < -0.4 is 15.4 Å². The maximum atomic E-state index is 12.3. The van der Waals surface area contributed by atoms with Crippen LogP contribution in [0.1, 0.15) is 12.8 Å². The summed E-state index contributed by atoms with van der Waals surface area (Å²) in [4.78, 5) is 20.5. The van der Waals surface area contributed by atoms with E-state index in [1.165, 1.54) is 19.4 Å². The second kappa shape index (κ2) is 7.99. The molecule has 3 aromatic rings. The fraction of sp³-hybridized carbons (Fsp3) is 0.300. The highest BCUT2D eigenvalue weighted by Crippen LogP contribution is 2.38. The Labute approximate surface area is 179 Å². The number of rotatable bonds is 7. The van der Waals surface area contributed by atoms with Gasteiger partial charge < -0.3 is 15.4 Å². The van der Waals surface area contributed by atoms with Crippen molar-refractivity contribution in [3.63, 3.8) is 0 Å². The number of pyridine rings is 1. The molecule has 2 N–H and O–H groups in total. The maximum absolute atomic E-state index is 12.3. The summed E-state index contributed by atoms with van der Waals surface area (Å²) in [6, 6.07) is 6.85. The monoisotopic (exact) mass is 442 g/mol. The van der Waals surface area contributed by atoms with Gasteiger partial charge in [0.1, 0.15) is 17.0 Å². The number of amides is 1. The van der Waals surface area contributed by atoms with E-state index in [0.717, 1.165) is 19.1 Å². The lowest BCUT2D eigenvalue weighted by molar-refractivity contribution is -0.117. The van der Waals surface area contributed by atoms with Gasteiger partial charge in [-0.1, -0.05) is 6.07 Å². The molecule has 1 aliphatic rings. The molecule has 0 radical (unpaired) electrons. The number of para-hydroxylation sites is 1. The molecule has 31 heavy (non-hydrogen) atoms. The van der Waals surface area contributed by atoms with Crippen LogP contribution in [0.4, 0.5) is 17.2 Å². The minimum absolute atomic E-state index is 0.000313. The molecule has 2 heterocycles. The normalized spacial score (nSPS) is 13.6. The topological polar surface area (TPSA) is 128 Å². The molecule has 0 saturated heterocycles. The second-order valence-corrected chi connectivity index (χ2v) is 9.34. The highest BCUT2D eigenvalue weighted by Gasteiger charge is 2.30. The van der Waals surface area contributed by atoms with Crippen molar-refractivity contribution in [3.8, 4) is 17.1 Å². The predicted octanol–water partition coefficient (Wildman–Crippen LogP) is 2.38. The Bertz CT molecular complexity index is 1250. The van der Waals surface area contributed by atoms with Gasteiger partial charge in [0, 0.05) is 25.3 Å². The zero-order chi connectivity index (χ0) is 22.2. The molecule has 0 unspecified atom stereocenters. The van der Waals surface area contributed by atoms with Gasteiger partial charge in [-0.15, -0.1) is 0 Å². The lowest BCUT2D eigenvalue weighted by Gasteiger charge is -2.16. The van der Waals surface area contributed by atoms with Crippen molar-refractivity contribution in [2.24, 2.45) is 13.0 Å². The number of aromatic nitrogens is 4. The van der Waals surface area contributed by atoms with Gasteiger partial charge >= 0.3 is 0 Å². The quantitative estimate of drug-likeness (QED) is 0.571. The standard InChI is InChI=1S/C20H22N6O4S/c1-26-11-22-19(25-26)13-5-4-6-14(18(13)30-2)23-15-9-17(24-20(27)12-7-8-12)21-10-16(15)31(3,28)29/h4-6,9-12H,7-8H2,1-3H3,(H2,21,23,24,27). The van der Waals surface area contributed by atoms with Crippen LogP contribution in [-0.2, 0) is 21.7 Å². The van der Waals surface area contributed by atoms with Gasteiger partial charge in [0.2, 0.25) is 5.91 Å². The number of benzene rings is 1. The van der Waals surface area contributed by atoms with Crippen molar-refractivity contribution >= 4 is 32.9 Å². The summed E-state index contributed by atoms with van der Waals surface area (Å²) in [6.07, 6.45) is 5.61. The molecular formula is C20H22N6O4S. The van der Waals surface area contributed by atoms with E-state index in [-0.39, 0.29) is 28.2 Å². The highest BCUT2D eigenvalue weighted by atomic mass is 32.2. The molecule has 1 fully saturated rings. The molecule has 1 amide bonds. The Kier molecular flexibility index (Phi) is 5.36. The third-order valence-corrected chi connectivity index (χ3v) is 5.92. The largest absolute Gasteiger partial charge is 0.494 e. The van der Waals surface area contributed by atoms with Crippen LogP contribution in [0.3, 0.4) is 0 Å². The van der Waals surface area contributed by atoms with Crippen molar-refractivity contribution < 1.29 is 17.9 Å². The molecule has 0 bridgehead atoms. The molecule has 1 saturated carbocycles. The lowest BCUT2D eigenvalue weighted by atomic mass is 10.1. The van der Waals surface area contributed by atoms with Crippen LogP contribution in [0.15, 0.2) is 41.7 Å². The van der Waals surface area contributed by atoms with Crippen molar-refractivity contribution in [1.82, 2.24) is 19.7 Å². The van der Waals surface area contributed by atoms with Crippen LogP contribution in [0.25, 0.3) is 11.4 Å². The summed E-state index contributed by atoms with van der Waals surface area (Å²) in [6.45, 7) is 0. The predicted molar refractivity (Wildman–Crippen MR) is 115 cm³/mol. The van der Waals surface area contributed by atoms with E-state index in [4.69, 9.17) is 4.74 Å². The van der Waals surface area contributed by atoms with Crippen LogP contribution >= 0.6 is 0 Å². The molecule has 4 rings (SSSR count). The number of carbonyl (C=O) groups is 1. The molecule has 2 aromatic heterocycles. The average molecular weight is 443 g/mol. The van der Waals surface area contributed by atoms with Gasteiger partial charge in [-0.3, -0.25) is 9.48 Å². The van der Waals surface area contributed by atoms with Gasteiger partial charge in [-0.2, -0.15) is 5.10 Å². The number of aryl methyl sites for hydroxylation is 1. The summed E-state index contributed by atoms with van der Waals surface area (Å²) < 4.78 is 31.8. The third-order valence-electron chi connectivity index (χ3n) is 4.80. The fourth-order valence-corrected chi connectivity index (χ4v) is 3.87. The Hall–Kier alpha value is -3.47. The third kappa shape index (κ3) is 4.50. The summed E-state index contributed by atoms with van der Waals surface area (Å²) in [5.41, 5.74) is 1.43. The zero-order valence-electron chi connectivity index (χ0n) is 17.3. The first kappa shape index (κ1) is 20.8. The van der Waals surface area contributed by atoms with E-state index in [0.29, 0.717) is 22.8 Å². The van der Waals surface area contributed by atoms with Gasteiger partial charge in [-0.25, -0.2) is 18.4 Å². The van der Waals surface area contributed by atoms with Crippen LogP contribution in [0, 0.1) is 5.92 Å². The molecule has 11 heteroatoms. The summed E-state index contributed by atoms with van der Waals surface area (Å²) in [5, 5.41) is 10.2. The molecule has 0 spiro atoms. The van der Waals surface area contributed by atoms with Gasteiger partial charge in [0.05, 0.1) is 30.2 Å². The van der Waals surface area contributed by atoms with Crippen molar-refractivity contribution in [1.29, 1.82) is 0 Å². The maximum Gasteiger partial charge on any atom is 0.228 e. The Balaban J connectivity index is 1.74. The minimum Gasteiger partial charge on any atom is -0.494 e. The number of hydrogen-bond acceptors (Lipinski definition) is 8. The number of anilines is 3. The van der Waals surface area contributed by atoms with Crippen molar-refractivity contribution in [3.05, 3.63) is 36.8 Å². The van der Waals surface area contributed by atoms with E-state index in [9.17, 15) is 13.2 Å². The summed E-state index contributed by atoms with van der Waals surface area (Å²) >= 11 is 0. The Morgan fingerprint density at radius 3 is 2.61 bits per heavy atom. The van der Waals surface area contributed by atoms with Crippen LogP contribution in [0.2, 0.25) is 0 Å². The summed E-state index contributed by atoms with van der Waals surface area (Å²) in [7, 11) is -0.314. The zero-order valence-corrected chi connectivity index (χ0v) is 18.1. The number of nitrogens with one attached hydrogen (secondary N) is 2. The molecule has 0 aliphatic heterocycles. The Morgan fingerprint density at radius 1 is 1.23 bits per heavy atom. The SMILES string of the molecule is COc1c(Nc2cc(NC(=O)C3CC3)ncc2S(C)(=O)=O)cccc1-c1ncn(C)n1. The van der Waals surface area contributed by atoms with E-state index in [1.807, 2.05) is 6.07 Å². The molecule has 10 nitrogen and oxygen atoms in total. The molecule has 1 aromatic carbocycles. The number of carbonyl (C=O) groups excluding carboxylic acids is 1. The van der Waals surface area contributed by atoms with Gasteiger partial charge in [-0.05, 0) is 25.0 Å². The molecule has 1 aliphatic carbocycles. The smallest absolute Gasteiger partial charge is 0.228 e. The first-order valence-electron chi connectivity index (χ1n) is 9.57. The first-order valence-corrected chi connectivity index (χ1v) is 11.5. The van der Waals surface area contributed by atoms with Crippen molar-refractivity contribution in [2.75, 3.05) is 24.0 Å². The van der Waals surface area contributed by atoms with Crippen molar-refractivity contribution in [2.45, 2.75) is 17.7 Å².